The van der Waals surface area contributed by atoms with Crippen LogP contribution < -0.4 is 15.8 Å². The molecule has 0 heterocycles. The topological polar surface area (TPSA) is 84.6 Å². The van der Waals surface area contributed by atoms with Gasteiger partial charge >= 0.3 is 0 Å². The van der Waals surface area contributed by atoms with Crippen LogP contribution in [0.1, 0.15) is 25.0 Å². The first-order valence-electron chi connectivity index (χ1n) is 5.42. The van der Waals surface area contributed by atoms with E-state index in [-0.39, 0.29) is 5.91 Å². The third-order valence-electron chi connectivity index (χ3n) is 2.38. The highest BCUT2D eigenvalue weighted by Crippen LogP contribution is 2.33. The number of hydrogen-bond acceptors (Lipinski definition) is 4. The molecule has 1 unspecified atom stereocenters. The minimum atomic E-state index is -0.711. The van der Waals surface area contributed by atoms with Crippen molar-refractivity contribution < 1.29 is 14.6 Å². The normalized spacial score (nSPS) is 12.0. The minimum absolute atomic E-state index is 0.212. The maximum Gasteiger partial charge on any atom is 0.221 e. The standard InChI is InChI=1S/C12H18N2O3/c1-8(15)14-12-9(10(16)6-7-13)4-3-5-11(12)17-2/h3-5,10,16H,6-7,13H2,1-2H3,(H,14,15). The van der Waals surface area contributed by atoms with Gasteiger partial charge in [0, 0.05) is 12.5 Å². The summed E-state index contributed by atoms with van der Waals surface area (Å²) >= 11 is 0. The van der Waals surface area contributed by atoms with Crippen LogP contribution in [0.3, 0.4) is 0 Å². The summed E-state index contributed by atoms with van der Waals surface area (Å²) in [4.78, 5) is 11.1. The largest absolute Gasteiger partial charge is 0.495 e. The molecule has 94 valence electrons. The van der Waals surface area contributed by atoms with E-state index in [1.165, 1.54) is 14.0 Å². The van der Waals surface area contributed by atoms with Gasteiger partial charge in [-0.3, -0.25) is 4.79 Å². The smallest absolute Gasteiger partial charge is 0.221 e. The molecule has 1 atom stereocenters. The van der Waals surface area contributed by atoms with E-state index in [0.717, 1.165) is 0 Å². The number of anilines is 1. The highest BCUT2D eigenvalue weighted by Gasteiger charge is 2.16. The lowest BCUT2D eigenvalue weighted by Crippen LogP contribution is -2.13. The number of aliphatic hydroxyl groups excluding tert-OH is 1. The predicted molar refractivity (Wildman–Crippen MR) is 65.9 cm³/mol. The zero-order chi connectivity index (χ0) is 12.8. The lowest BCUT2D eigenvalue weighted by Gasteiger charge is -2.17. The Morgan fingerprint density at radius 2 is 2.29 bits per heavy atom. The highest BCUT2D eigenvalue weighted by atomic mass is 16.5. The van der Waals surface area contributed by atoms with Crippen LogP contribution in [-0.4, -0.2) is 24.7 Å². The molecule has 0 aliphatic rings. The van der Waals surface area contributed by atoms with Gasteiger partial charge in [-0.05, 0) is 19.0 Å². The zero-order valence-electron chi connectivity index (χ0n) is 10.1. The molecule has 1 aromatic rings. The Kier molecular flexibility index (Phi) is 4.93. The Hall–Kier alpha value is -1.59. The summed E-state index contributed by atoms with van der Waals surface area (Å²) in [5, 5.41) is 12.6. The van der Waals surface area contributed by atoms with Crippen LogP contribution in [-0.2, 0) is 4.79 Å². The molecule has 1 aromatic carbocycles. The molecule has 5 heteroatoms. The molecule has 1 rings (SSSR count). The van der Waals surface area contributed by atoms with E-state index >= 15 is 0 Å². The maximum atomic E-state index is 11.1. The summed E-state index contributed by atoms with van der Waals surface area (Å²) < 4.78 is 5.16. The van der Waals surface area contributed by atoms with Crippen molar-refractivity contribution in [1.82, 2.24) is 0 Å². The van der Waals surface area contributed by atoms with Crippen molar-refractivity contribution in [3.05, 3.63) is 23.8 Å². The minimum Gasteiger partial charge on any atom is -0.495 e. The van der Waals surface area contributed by atoms with Gasteiger partial charge < -0.3 is 20.9 Å². The van der Waals surface area contributed by atoms with Gasteiger partial charge in [0.15, 0.2) is 0 Å². The van der Waals surface area contributed by atoms with E-state index in [1.54, 1.807) is 18.2 Å². The molecule has 0 fully saturated rings. The molecule has 0 aliphatic carbocycles. The molecule has 0 aromatic heterocycles. The molecule has 0 saturated heterocycles. The van der Waals surface area contributed by atoms with Gasteiger partial charge in [-0.15, -0.1) is 0 Å². The molecule has 0 bridgehead atoms. The third kappa shape index (κ3) is 3.44. The summed E-state index contributed by atoms with van der Waals surface area (Å²) in [5.41, 5.74) is 6.53. The number of para-hydroxylation sites is 1. The molecule has 0 spiro atoms. The van der Waals surface area contributed by atoms with Crippen LogP contribution in [0, 0.1) is 0 Å². The van der Waals surface area contributed by atoms with Gasteiger partial charge in [-0.2, -0.15) is 0 Å². The second-order valence-electron chi connectivity index (χ2n) is 3.70. The summed E-state index contributed by atoms with van der Waals surface area (Å²) in [6, 6.07) is 5.23. The van der Waals surface area contributed by atoms with Crippen LogP contribution in [0.2, 0.25) is 0 Å². The first-order chi connectivity index (χ1) is 8.10. The number of aliphatic hydroxyl groups is 1. The van der Waals surface area contributed by atoms with E-state index in [9.17, 15) is 9.90 Å². The van der Waals surface area contributed by atoms with Gasteiger partial charge in [-0.25, -0.2) is 0 Å². The maximum absolute atomic E-state index is 11.1. The molecule has 4 N–H and O–H groups in total. The monoisotopic (exact) mass is 238 g/mol. The average Bonchev–Trinajstić information content (AvgIpc) is 2.28. The van der Waals surface area contributed by atoms with Gasteiger partial charge in [-0.1, -0.05) is 12.1 Å². The molecule has 0 radical (unpaired) electrons. The fourth-order valence-corrected chi connectivity index (χ4v) is 1.62. The number of methoxy groups -OCH3 is 1. The van der Waals surface area contributed by atoms with Crippen LogP contribution in [0.5, 0.6) is 5.75 Å². The first kappa shape index (κ1) is 13.5. The molecular formula is C12H18N2O3. The lowest BCUT2D eigenvalue weighted by molar-refractivity contribution is -0.114. The Balaban J connectivity index is 3.13. The quantitative estimate of drug-likeness (QED) is 0.715. The van der Waals surface area contributed by atoms with Crippen molar-refractivity contribution in [2.75, 3.05) is 19.0 Å². The van der Waals surface area contributed by atoms with Crippen molar-refractivity contribution in [3.63, 3.8) is 0 Å². The Morgan fingerprint density at radius 1 is 1.59 bits per heavy atom. The van der Waals surface area contributed by atoms with Crippen LogP contribution in [0.15, 0.2) is 18.2 Å². The molecule has 0 saturated carbocycles. The van der Waals surface area contributed by atoms with Gasteiger partial charge in [0.1, 0.15) is 5.75 Å². The fraction of sp³-hybridized carbons (Fsp3) is 0.417. The van der Waals surface area contributed by atoms with E-state index in [2.05, 4.69) is 5.32 Å². The van der Waals surface area contributed by atoms with Crippen LogP contribution in [0.4, 0.5) is 5.69 Å². The number of benzene rings is 1. The van der Waals surface area contributed by atoms with E-state index in [0.29, 0.717) is 30.0 Å². The number of carbonyl (C=O) groups is 1. The van der Waals surface area contributed by atoms with Crippen molar-refractivity contribution in [1.29, 1.82) is 0 Å². The number of rotatable bonds is 5. The van der Waals surface area contributed by atoms with E-state index in [1.807, 2.05) is 0 Å². The molecule has 17 heavy (non-hydrogen) atoms. The van der Waals surface area contributed by atoms with Crippen molar-refractivity contribution in [2.24, 2.45) is 5.73 Å². The summed E-state index contributed by atoms with van der Waals surface area (Å²) in [7, 11) is 1.51. The number of amides is 1. The highest BCUT2D eigenvalue weighted by molar-refractivity contribution is 5.91. The number of ether oxygens (including phenoxy) is 1. The fourth-order valence-electron chi connectivity index (χ4n) is 1.62. The van der Waals surface area contributed by atoms with Crippen LogP contribution in [0.25, 0.3) is 0 Å². The van der Waals surface area contributed by atoms with E-state index < -0.39 is 6.10 Å². The van der Waals surface area contributed by atoms with Gasteiger partial charge in [0.2, 0.25) is 5.91 Å². The molecular weight excluding hydrogens is 220 g/mol. The lowest BCUT2D eigenvalue weighted by atomic mass is 10.0. The summed E-state index contributed by atoms with van der Waals surface area (Å²) in [6.45, 7) is 1.78. The van der Waals surface area contributed by atoms with Crippen molar-refractivity contribution >= 4 is 11.6 Å². The Bertz CT molecular complexity index is 393. The average molecular weight is 238 g/mol. The zero-order valence-corrected chi connectivity index (χ0v) is 10.1. The summed E-state index contributed by atoms with van der Waals surface area (Å²) in [5.74, 6) is 0.310. The Morgan fingerprint density at radius 3 is 2.82 bits per heavy atom. The van der Waals surface area contributed by atoms with Gasteiger partial charge in [0.25, 0.3) is 0 Å². The molecule has 1 amide bonds. The number of carbonyl (C=O) groups excluding carboxylic acids is 1. The second-order valence-corrected chi connectivity index (χ2v) is 3.70. The number of nitrogens with one attached hydrogen (secondary N) is 1. The predicted octanol–water partition coefficient (Wildman–Crippen LogP) is 1.04. The molecule has 0 aliphatic heterocycles. The first-order valence-corrected chi connectivity index (χ1v) is 5.42. The van der Waals surface area contributed by atoms with Gasteiger partial charge in [0.05, 0.1) is 18.9 Å². The van der Waals surface area contributed by atoms with Crippen LogP contribution >= 0.6 is 0 Å². The van der Waals surface area contributed by atoms with E-state index in [4.69, 9.17) is 10.5 Å². The second kappa shape index (κ2) is 6.22. The Labute approximate surface area is 101 Å². The number of nitrogens with two attached hydrogens (primary N) is 1. The SMILES string of the molecule is COc1cccc(C(O)CCN)c1NC(C)=O. The van der Waals surface area contributed by atoms with Crippen molar-refractivity contribution in [2.45, 2.75) is 19.4 Å². The molecule has 5 nitrogen and oxygen atoms in total. The third-order valence-corrected chi connectivity index (χ3v) is 2.38. The summed E-state index contributed by atoms with van der Waals surface area (Å²) in [6.07, 6.45) is -0.281. The number of hydrogen-bond donors (Lipinski definition) is 3. The van der Waals surface area contributed by atoms with Crippen molar-refractivity contribution in [3.8, 4) is 5.75 Å².